The summed E-state index contributed by atoms with van der Waals surface area (Å²) in [6.07, 6.45) is 2.93. The molecule has 5 rings (SSSR count). The molecule has 5 aromatic rings. The molecule has 4 aromatic heterocycles. The summed E-state index contributed by atoms with van der Waals surface area (Å²) in [6, 6.07) is 14.6. The van der Waals surface area contributed by atoms with Gasteiger partial charge in [-0.05, 0) is 53.5 Å². The molecule has 11 heteroatoms. The summed E-state index contributed by atoms with van der Waals surface area (Å²) in [5, 5.41) is 11.4. The van der Waals surface area contributed by atoms with Crippen LogP contribution < -0.4 is 0 Å². The van der Waals surface area contributed by atoms with E-state index in [0.29, 0.717) is 16.8 Å². The van der Waals surface area contributed by atoms with Gasteiger partial charge in [0.2, 0.25) is 5.16 Å². The van der Waals surface area contributed by atoms with Crippen molar-refractivity contribution in [3.63, 3.8) is 0 Å². The minimum atomic E-state index is -3.27. The number of aromatic nitrogens is 5. The highest BCUT2D eigenvalue weighted by Gasteiger charge is 2.20. The molecule has 0 fully saturated rings. The van der Waals surface area contributed by atoms with Crippen LogP contribution in [0.1, 0.15) is 0 Å². The van der Waals surface area contributed by atoms with Crippen LogP contribution in [0.25, 0.3) is 26.7 Å². The zero-order valence-electron chi connectivity index (χ0n) is 15.5. The van der Waals surface area contributed by atoms with E-state index in [-0.39, 0.29) is 4.90 Å². The van der Waals surface area contributed by atoms with Crippen molar-refractivity contribution < 1.29 is 8.42 Å². The fraction of sp³-hybridized carbons (Fsp3) is 0.0526. The Morgan fingerprint density at radius 1 is 1.07 bits per heavy atom. The van der Waals surface area contributed by atoms with Gasteiger partial charge in [-0.3, -0.25) is 4.57 Å². The van der Waals surface area contributed by atoms with Gasteiger partial charge in [-0.1, -0.05) is 12.1 Å². The third-order valence-electron chi connectivity index (χ3n) is 4.20. The fourth-order valence-electron chi connectivity index (χ4n) is 2.83. The quantitative estimate of drug-likeness (QED) is 0.371. The Morgan fingerprint density at radius 2 is 1.97 bits per heavy atom. The van der Waals surface area contributed by atoms with Gasteiger partial charge in [-0.25, -0.2) is 18.4 Å². The van der Waals surface area contributed by atoms with E-state index < -0.39 is 9.84 Å². The summed E-state index contributed by atoms with van der Waals surface area (Å²) in [5.74, 6) is 1.43. The first-order valence-electron chi connectivity index (χ1n) is 8.68. The average molecular weight is 472 g/mol. The molecule has 0 saturated heterocycles. The first-order valence-corrected chi connectivity index (χ1v) is 13.1. The van der Waals surface area contributed by atoms with Crippen molar-refractivity contribution in [2.24, 2.45) is 0 Å². The van der Waals surface area contributed by atoms with E-state index in [4.69, 9.17) is 0 Å². The third-order valence-corrected chi connectivity index (χ3v) is 8.20. The molecule has 0 bridgehead atoms. The number of pyridine rings is 1. The standard InChI is InChI=1S/C19H13N5O2S4/c1-30(25,26)12-7-8-13-15(11-12)28-19(21-13)29-18-23-22-17(14-5-4-10-27-14)24(18)16-6-2-3-9-20-16/h2-11H,1H3. The molecular formula is C19H13N5O2S4. The SMILES string of the molecule is CS(=O)(=O)c1ccc2nc(Sc3nnc(-c4cccs4)n3-c3ccccn3)sc2c1. The Hall–Kier alpha value is -2.60. The number of hydrogen-bond acceptors (Lipinski definition) is 9. The highest BCUT2D eigenvalue weighted by molar-refractivity contribution is 8.01. The van der Waals surface area contributed by atoms with Gasteiger partial charge < -0.3 is 0 Å². The van der Waals surface area contributed by atoms with Gasteiger partial charge in [0.05, 0.1) is 20.0 Å². The van der Waals surface area contributed by atoms with Crippen molar-refractivity contribution in [3.8, 4) is 16.5 Å². The molecule has 4 heterocycles. The number of nitrogens with zero attached hydrogens (tertiary/aromatic N) is 5. The Balaban J connectivity index is 1.58. The second-order valence-electron chi connectivity index (χ2n) is 6.29. The molecule has 0 atom stereocenters. The van der Waals surface area contributed by atoms with Crippen molar-refractivity contribution in [1.29, 1.82) is 0 Å². The van der Waals surface area contributed by atoms with E-state index in [1.165, 1.54) is 29.4 Å². The molecular weight excluding hydrogens is 459 g/mol. The van der Waals surface area contributed by atoms with Crippen molar-refractivity contribution in [2.45, 2.75) is 14.4 Å². The molecule has 1 aromatic carbocycles. The lowest BCUT2D eigenvalue weighted by molar-refractivity contribution is 0.602. The number of hydrogen-bond donors (Lipinski definition) is 0. The van der Waals surface area contributed by atoms with Crippen LogP contribution in [-0.2, 0) is 9.84 Å². The molecule has 0 aliphatic rings. The monoisotopic (exact) mass is 471 g/mol. The number of thiazole rings is 1. The summed E-state index contributed by atoms with van der Waals surface area (Å²) < 4.78 is 27.1. The lowest BCUT2D eigenvalue weighted by Gasteiger charge is -2.07. The summed E-state index contributed by atoms with van der Waals surface area (Å²) in [4.78, 5) is 10.4. The maximum absolute atomic E-state index is 11.8. The van der Waals surface area contributed by atoms with E-state index in [0.717, 1.165) is 19.4 Å². The van der Waals surface area contributed by atoms with Crippen LogP contribution in [0.2, 0.25) is 0 Å². The Bertz CT molecular complexity index is 1440. The average Bonchev–Trinajstić information content (AvgIpc) is 3.46. The highest BCUT2D eigenvalue weighted by atomic mass is 32.2. The molecule has 0 aliphatic carbocycles. The minimum Gasteiger partial charge on any atom is -0.252 e. The second kappa shape index (κ2) is 7.58. The molecule has 0 unspecified atom stereocenters. The zero-order valence-corrected chi connectivity index (χ0v) is 18.7. The molecule has 0 N–H and O–H groups in total. The van der Waals surface area contributed by atoms with E-state index in [9.17, 15) is 8.42 Å². The zero-order chi connectivity index (χ0) is 20.7. The third kappa shape index (κ3) is 3.65. The maximum Gasteiger partial charge on any atom is 0.204 e. The molecule has 7 nitrogen and oxygen atoms in total. The number of thiophene rings is 1. The molecule has 0 spiro atoms. The van der Waals surface area contributed by atoms with Crippen LogP contribution >= 0.6 is 34.4 Å². The van der Waals surface area contributed by atoms with Gasteiger partial charge in [0.15, 0.2) is 20.0 Å². The van der Waals surface area contributed by atoms with E-state index in [1.54, 1.807) is 35.7 Å². The molecule has 30 heavy (non-hydrogen) atoms. The summed E-state index contributed by atoms with van der Waals surface area (Å²) >= 11 is 4.38. The van der Waals surface area contributed by atoms with Gasteiger partial charge in [0, 0.05) is 12.5 Å². The van der Waals surface area contributed by atoms with Crippen molar-refractivity contribution >= 4 is 54.5 Å². The van der Waals surface area contributed by atoms with E-state index in [2.05, 4.69) is 20.2 Å². The van der Waals surface area contributed by atoms with Crippen LogP contribution in [0.5, 0.6) is 0 Å². The Labute approximate surface area is 184 Å². The lowest BCUT2D eigenvalue weighted by atomic mass is 10.3. The predicted octanol–water partition coefficient (Wildman–Crippen LogP) is 4.56. The lowest BCUT2D eigenvalue weighted by Crippen LogP contribution is -2.00. The van der Waals surface area contributed by atoms with Crippen LogP contribution in [0.15, 0.2) is 74.5 Å². The van der Waals surface area contributed by atoms with Crippen molar-refractivity contribution in [2.75, 3.05) is 6.26 Å². The van der Waals surface area contributed by atoms with Gasteiger partial charge in [-0.2, -0.15) is 0 Å². The largest absolute Gasteiger partial charge is 0.252 e. The number of benzene rings is 1. The Morgan fingerprint density at radius 3 is 2.70 bits per heavy atom. The van der Waals surface area contributed by atoms with Gasteiger partial charge in [0.25, 0.3) is 0 Å². The molecule has 0 saturated carbocycles. The first kappa shape index (κ1) is 19.4. The summed E-state index contributed by atoms with van der Waals surface area (Å²) in [6.45, 7) is 0. The molecule has 0 radical (unpaired) electrons. The number of rotatable bonds is 5. The Kier molecular flexibility index (Phi) is 4.89. The van der Waals surface area contributed by atoms with Gasteiger partial charge in [0.1, 0.15) is 5.82 Å². The number of sulfone groups is 1. The van der Waals surface area contributed by atoms with Crippen LogP contribution in [-0.4, -0.2) is 39.4 Å². The van der Waals surface area contributed by atoms with Crippen LogP contribution in [0.4, 0.5) is 0 Å². The number of fused-ring (bicyclic) bond motifs is 1. The summed E-state index contributed by atoms with van der Waals surface area (Å²) in [7, 11) is -3.27. The summed E-state index contributed by atoms with van der Waals surface area (Å²) in [5.41, 5.74) is 0.747. The van der Waals surface area contributed by atoms with E-state index in [1.807, 2.05) is 40.3 Å². The van der Waals surface area contributed by atoms with E-state index >= 15 is 0 Å². The highest BCUT2D eigenvalue weighted by Crippen LogP contribution is 2.37. The first-order chi connectivity index (χ1) is 14.5. The topological polar surface area (TPSA) is 90.6 Å². The minimum absolute atomic E-state index is 0.284. The maximum atomic E-state index is 11.8. The second-order valence-corrected chi connectivity index (χ2v) is 11.5. The van der Waals surface area contributed by atoms with Crippen LogP contribution in [0.3, 0.4) is 0 Å². The normalized spacial score (nSPS) is 11.9. The van der Waals surface area contributed by atoms with Crippen molar-refractivity contribution in [1.82, 2.24) is 24.7 Å². The fourth-order valence-corrected chi connectivity index (χ4v) is 6.30. The molecule has 0 aliphatic heterocycles. The van der Waals surface area contributed by atoms with Crippen molar-refractivity contribution in [3.05, 3.63) is 60.1 Å². The smallest absolute Gasteiger partial charge is 0.204 e. The van der Waals surface area contributed by atoms with Crippen LogP contribution in [0, 0.1) is 0 Å². The predicted molar refractivity (Wildman–Crippen MR) is 119 cm³/mol. The molecule has 0 amide bonds. The van der Waals surface area contributed by atoms with Gasteiger partial charge in [-0.15, -0.1) is 32.9 Å². The molecule has 150 valence electrons. The van der Waals surface area contributed by atoms with Gasteiger partial charge >= 0.3 is 0 Å².